The number of amides is 1. The zero-order chi connectivity index (χ0) is 25.2. The number of rotatable bonds is 4. The van der Waals surface area contributed by atoms with Crippen molar-refractivity contribution >= 4 is 23.6 Å². The molecular formula is C23H21ClF3N5O3. The van der Waals surface area contributed by atoms with E-state index in [0.29, 0.717) is 36.5 Å². The number of carbonyl (C=O) groups excluding carboxylic acids is 1. The maximum Gasteiger partial charge on any atom is 0.416 e. The number of alkyl carbamates (subject to hydrolysis) is 1. The second-order valence-corrected chi connectivity index (χ2v) is 8.29. The van der Waals surface area contributed by atoms with Crippen molar-refractivity contribution in [3.05, 3.63) is 69.6 Å². The average Bonchev–Trinajstić information content (AvgIpc) is 2.84. The molecule has 0 radical (unpaired) electrons. The van der Waals surface area contributed by atoms with Crippen LogP contribution in [0.3, 0.4) is 0 Å². The van der Waals surface area contributed by atoms with Crippen molar-refractivity contribution in [3.63, 3.8) is 0 Å². The molecule has 1 aromatic heterocycles. The van der Waals surface area contributed by atoms with Crippen molar-refractivity contribution < 1.29 is 22.7 Å². The molecule has 8 nitrogen and oxygen atoms in total. The van der Waals surface area contributed by atoms with E-state index in [1.807, 2.05) is 4.90 Å². The first-order valence-corrected chi connectivity index (χ1v) is 11.1. The van der Waals surface area contributed by atoms with E-state index in [1.54, 1.807) is 24.3 Å². The number of piperidine rings is 1. The number of halogens is 4. The Morgan fingerprint density at radius 3 is 2.34 bits per heavy atom. The lowest BCUT2D eigenvalue weighted by molar-refractivity contribution is -0.137. The Morgan fingerprint density at radius 2 is 1.74 bits per heavy atom. The van der Waals surface area contributed by atoms with E-state index in [1.165, 1.54) is 19.2 Å². The molecule has 12 heteroatoms. The van der Waals surface area contributed by atoms with E-state index < -0.39 is 23.5 Å². The minimum atomic E-state index is -4.51. The maximum atomic E-state index is 13.2. The van der Waals surface area contributed by atoms with Gasteiger partial charge in [0.05, 0.1) is 23.4 Å². The molecule has 184 valence electrons. The summed E-state index contributed by atoms with van der Waals surface area (Å²) in [5, 5.41) is 3.07. The molecule has 0 saturated carbocycles. The molecule has 35 heavy (non-hydrogen) atoms. The van der Waals surface area contributed by atoms with Crippen molar-refractivity contribution in [2.45, 2.75) is 25.1 Å². The Morgan fingerprint density at radius 1 is 1.09 bits per heavy atom. The van der Waals surface area contributed by atoms with Crippen LogP contribution in [0.25, 0.3) is 17.1 Å². The Hall–Kier alpha value is -3.60. The summed E-state index contributed by atoms with van der Waals surface area (Å²) in [6, 6.07) is 10.8. The van der Waals surface area contributed by atoms with E-state index in [2.05, 4.69) is 20.0 Å². The molecule has 1 N–H and O–H groups in total. The van der Waals surface area contributed by atoms with Crippen LogP contribution in [-0.4, -0.2) is 46.9 Å². The van der Waals surface area contributed by atoms with Crippen molar-refractivity contribution in [2.75, 3.05) is 25.1 Å². The van der Waals surface area contributed by atoms with Crippen LogP contribution < -0.4 is 15.9 Å². The fourth-order valence-electron chi connectivity index (χ4n) is 3.84. The van der Waals surface area contributed by atoms with Crippen LogP contribution in [0, 0.1) is 0 Å². The predicted octanol–water partition coefficient (Wildman–Crippen LogP) is 4.29. The first kappa shape index (κ1) is 24.5. The molecule has 3 aromatic rings. The number of methoxy groups -OCH3 is 1. The van der Waals surface area contributed by atoms with Gasteiger partial charge in [-0.3, -0.25) is 0 Å². The minimum absolute atomic E-state index is 0.0887. The van der Waals surface area contributed by atoms with E-state index >= 15 is 0 Å². The molecule has 0 bridgehead atoms. The van der Waals surface area contributed by atoms with E-state index in [4.69, 9.17) is 11.6 Å². The van der Waals surface area contributed by atoms with Gasteiger partial charge in [-0.05, 0) is 49.2 Å². The first-order valence-electron chi connectivity index (χ1n) is 10.7. The molecule has 2 aromatic carbocycles. The van der Waals surface area contributed by atoms with Crippen LogP contribution in [-0.2, 0) is 10.9 Å². The fraction of sp³-hybridized carbons (Fsp3) is 0.304. The van der Waals surface area contributed by atoms with E-state index in [0.717, 1.165) is 16.7 Å². The van der Waals surface area contributed by atoms with Gasteiger partial charge in [-0.15, -0.1) is 0 Å². The Labute approximate surface area is 203 Å². The maximum absolute atomic E-state index is 13.2. The van der Waals surface area contributed by atoms with Crippen LogP contribution in [0.4, 0.5) is 23.9 Å². The smallest absolute Gasteiger partial charge is 0.416 e. The molecule has 0 atom stereocenters. The van der Waals surface area contributed by atoms with Gasteiger partial charge in [-0.1, -0.05) is 23.7 Å². The zero-order valence-electron chi connectivity index (χ0n) is 18.6. The molecule has 2 heterocycles. The number of aromatic nitrogens is 3. The number of nitrogens with one attached hydrogen (secondary N) is 1. The number of hydrogen-bond acceptors (Lipinski definition) is 6. The summed E-state index contributed by atoms with van der Waals surface area (Å²) < 4.78 is 44.9. The van der Waals surface area contributed by atoms with Crippen LogP contribution in [0.1, 0.15) is 18.4 Å². The highest BCUT2D eigenvalue weighted by molar-refractivity contribution is 6.33. The second kappa shape index (κ2) is 9.95. The normalized spacial score (nSPS) is 14.6. The van der Waals surface area contributed by atoms with Crippen molar-refractivity contribution in [1.29, 1.82) is 0 Å². The number of anilines is 1. The van der Waals surface area contributed by atoms with Gasteiger partial charge in [0.15, 0.2) is 5.82 Å². The topological polar surface area (TPSA) is 89.4 Å². The highest BCUT2D eigenvalue weighted by Gasteiger charge is 2.30. The van der Waals surface area contributed by atoms with Crippen molar-refractivity contribution in [3.8, 4) is 17.1 Å². The lowest BCUT2D eigenvalue weighted by atomic mass is 10.1. The van der Waals surface area contributed by atoms with E-state index in [9.17, 15) is 22.8 Å². The summed E-state index contributed by atoms with van der Waals surface area (Å²) in [6.45, 7) is 0.945. The lowest BCUT2D eigenvalue weighted by Crippen LogP contribution is -2.45. The van der Waals surface area contributed by atoms with Crippen LogP contribution in [0.5, 0.6) is 0 Å². The number of hydrogen-bond donors (Lipinski definition) is 1. The van der Waals surface area contributed by atoms with Crippen molar-refractivity contribution in [1.82, 2.24) is 19.9 Å². The summed E-state index contributed by atoms with van der Waals surface area (Å²) in [5.41, 5.74) is -0.948. The summed E-state index contributed by atoms with van der Waals surface area (Å²) in [5.74, 6) is 0.324. The van der Waals surface area contributed by atoms with Gasteiger partial charge in [0, 0.05) is 24.7 Å². The van der Waals surface area contributed by atoms with Crippen LogP contribution in [0.15, 0.2) is 53.3 Å². The molecule has 1 fully saturated rings. The minimum Gasteiger partial charge on any atom is -0.453 e. The van der Waals surface area contributed by atoms with Gasteiger partial charge >= 0.3 is 18.0 Å². The quantitative estimate of drug-likeness (QED) is 0.566. The van der Waals surface area contributed by atoms with Gasteiger partial charge in [0.1, 0.15) is 0 Å². The van der Waals surface area contributed by atoms with Gasteiger partial charge in [-0.2, -0.15) is 23.1 Å². The molecule has 1 amide bonds. The Kier molecular flexibility index (Phi) is 6.97. The molecular weight excluding hydrogens is 487 g/mol. The number of ether oxygens (including phenoxy) is 1. The number of nitrogens with zero attached hydrogens (tertiary/aromatic N) is 4. The highest BCUT2D eigenvalue weighted by Crippen LogP contribution is 2.31. The summed E-state index contributed by atoms with van der Waals surface area (Å²) in [7, 11) is 1.29. The molecule has 4 rings (SSSR count). The highest BCUT2D eigenvalue weighted by atomic mass is 35.5. The average molecular weight is 508 g/mol. The fourth-order valence-corrected chi connectivity index (χ4v) is 4.06. The molecule has 0 unspecified atom stereocenters. The van der Waals surface area contributed by atoms with Gasteiger partial charge in [0.25, 0.3) is 0 Å². The summed E-state index contributed by atoms with van der Waals surface area (Å²) in [6.07, 6.45) is -3.85. The Balaban J connectivity index is 1.73. The van der Waals surface area contributed by atoms with E-state index in [-0.39, 0.29) is 23.5 Å². The largest absolute Gasteiger partial charge is 0.453 e. The lowest BCUT2D eigenvalue weighted by Gasteiger charge is -2.32. The molecule has 1 aliphatic rings. The first-order chi connectivity index (χ1) is 16.7. The number of carbonyl (C=O) groups is 1. The monoisotopic (exact) mass is 507 g/mol. The van der Waals surface area contributed by atoms with Gasteiger partial charge in [0.2, 0.25) is 5.95 Å². The van der Waals surface area contributed by atoms with Crippen molar-refractivity contribution in [2.24, 2.45) is 0 Å². The van der Waals surface area contributed by atoms with Gasteiger partial charge in [-0.25, -0.2) is 14.2 Å². The third kappa shape index (κ3) is 5.40. The number of alkyl halides is 3. The second-order valence-electron chi connectivity index (χ2n) is 7.89. The molecule has 1 aliphatic heterocycles. The molecule has 1 saturated heterocycles. The van der Waals surface area contributed by atoms with Gasteiger partial charge < -0.3 is 15.0 Å². The predicted molar refractivity (Wildman–Crippen MR) is 124 cm³/mol. The number of benzene rings is 2. The third-order valence-corrected chi connectivity index (χ3v) is 5.99. The van der Waals surface area contributed by atoms with Crippen LogP contribution >= 0.6 is 11.6 Å². The summed E-state index contributed by atoms with van der Waals surface area (Å²) in [4.78, 5) is 35.2. The molecule has 0 spiro atoms. The SMILES string of the molecule is COC(=O)NC1CCN(c2nc(-c3ccccc3Cl)n(-c3ccc(C(F)(F)F)cc3)c(=O)n2)CC1. The van der Waals surface area contributed by atoms with Crippen LogP contribution in [0.2, 0.25) is 5.02 Å². The zero-order valence-corrected chi connectivity index (χ0v) is 19.3. The standard InChI is InChI=1S/C23H21ClF3N5O3/c1-35-22(34)28-15-10-12-31(13-11-15)20-29-19(17-4-2-3-5-18(17)24)32(21(33)30-20)16-8-6-14(7-9-16)23(25,26)27/h2-9,15H,10-13H2,1H3,(H,28,34). The molecule has 0 aliphatic carbocycles. The Bertz CT molecular complexity index is 1270. The summed E-state index contributed by atoms with van der Waals surface area (Å²) >= 11 is 6.38. The third-order valence-electron chi connectivity index (χ3n) is 5.66.